The van der Waals surface area contributed by atoms with Gasteiger partial charge in [0.25, 0.3) is 0 Å². The van der Waals surface area contributed by atoms with Crippen molar-refractivity contribution in [3.05, 3.63) is 0 Å². The molecule has 0 unspecified atom stereocenters. The van der Waals surface area contributed by atoms with E-state index in [1.807, 2.05) is 0 Å². The van der Waals surface area contributed by atoms with Crippen molar-refractivity contribution >= 4 is 13.8 Å². The Morgan fingerprint density at radius 3 is 2.33 bits per heavy atom. The van der Waals surface area contributed by atoms with Crippen LogP contribution in [0.1, 0.15) is 13.8 Å². The van der Waals surface area contributed by atoms with Gasteiger partial charge in [0.15, 0.2) is 6.79 Å². The molecule has 0 atom stereocenters. The highest BCUT2D eigenvalue weighted by Crippen LogP contribution is 2.23. The standard InChI is InChI=1S/C5H11O6P/c1-4(2)5(6)10-3-11-12(7,8)9/h4H,3H2,1-2H3,(H2,7,8,9)/p-2. The van der Waals surface area contributed by atoms with E-state index in [4.69, 9.17) is 0 Å². The second-order valence-corrected chi connectivity index (χ2v) is 3.46. The Balaban J connectivity index is 3.58. The van der Waals surface area contributed by atoms with Crippen molar-refractivity contribution in [2.24, 2.45) is 5.92 Å². The van der Waals surface area contributed by atoms with Crippen LogP contribution >= 0.6 is 7.82 Å². The molecule has 0 aliphatic heterocycles. The number of phosphoric ester groups is 1. The first-order valence-corrected chi connectivity index (χ1v) is 4.62. The van der Waals surface area contributed by atoms with Gasteiger partial charge in [-0.1, -0.05) is 13.8 Å². The maximum absolute atomic E-state index is 10.6. The van der Waals surface area contributed by atoms with Crippen molar-refractivity contribution < 1.29 is 28.4 Å². The van der Waals surface area contributed by atoms with Crippen LogP contribution < -0.4 is 9.79 Å². The zero-order valence-corrected chi connectivity index (χ0v) is 7.58. The lowest BCUT2D eigenvalue weighted by molar-refractivity contribution is -0.345. The lowest BCUT2D eigenvalue weighted by Gasteiger charge is -2.27. The van der Waals surface area contributed by atoms with Gasteiger partial charge >= 0.3 is 5.97 Å². The fraction of sp³-hybridized carbons (Fsp3) is 0.800. The second kappa shape index (κ2) is 4.57. The summed E-state index contributed by atoms with van der Waals surface area (Å²) in [4.78, 5) is 30.3. The average Bonchev–Trinajstić information content (AvgIpc) is 1.84. The van der Waals surface area contributed by atoms with E-state index in [1.54, 1.807) is 13.8 Å². The maximum atomic E-state index is 10.6. The zero-order chi connectivity index (χ0) is 9.78. The molecule has 0 saturated heterocycles. The van der Waals surface area contributed by atoms with E-state index in [-0.39, 0.29) is 5.92 Å². The summed E-state index contributed by atoms with van der Waals surface area (Å²) in [5, 5.41) is 0. The van der Waals surface area contributed by atoms with Crippen LogP contribution in [-0.4, -0.2) is 12.8 Å². The number of ether oxygens (including phenoxy) is 1. The lowest BCUT2D eigenvalue weighted by atomic mass is 10.2. The molecule has 0 radical (unpaired) electrons. The van der Waals surface area contributed by atoms with Crippen molar-refractivity contribution in [2.75, 3.05) is 6.79 Å². The SMILES string of the molecule is CC(C)C(=O)OCOP(=O)([O-])[O-]. The Morgan fingerprint density at radius 1 is 1.50 bits per heavy atom. The number of carbonyl (C=O) groups is 1. The molecule has 12 heavy (non-hydrogen) atoms. The van der Waals surface area contributed by atoms with Gasteiger partial charge in [0.05, 0.1) is 13.7 Å². The fourth-order valence-electron chi connectivity index (χ4n) is 0.316. The summed E-state index contributed by atoms with van der Waals surface area (Å²) in [6.45, 7) is 2.29. The van der Waals surface area contributed by atoms with Crippen molar-refractivity contribution in [3.63, 3.8) is 0 Å². The molecule has 0 aliphatic rings. The lowest BCUT2D eigenvalue weighted by Crippen LogP contribution is -2.20. The molecule has 0 spiro atoms. The van der Waals surface area contributed by atoms with Gasteiger partial charge in [-0.15, -0.1) is 0 Å². The van der Waals surface area contributed by atoms with E-state index in [1.165, 1.54) is 0 Å². The third kappa shape index (κ3) is 6.30. The first-order chi connectivity index (χ1) is 5.33. The van der Waals surface area contributed by atoms with Gasteiger partial charge in [0.2, 0.25) is 0 Å². The van der Waals surface area contributed by atoms with Gasteiger partial charge in [0, 0.05) is 0 Å². The Labute approximate surface area is 69.7 Å². The van der Waals surface area contributed by atoms with Crippen molar-refractivity contribution in [1.29, 1.82) is 0 Å². The quantitative estimate of drug-likeness (QED) is 0.324. The Morgan fingerprint density at radius 2 is 2.00 bits per heavy atom. The molecule has 0 saturated carbocycles. The monoisotopic (exact) mass is 196 g/mol. The van der Waals surface area contributed by atoms with Crippen LogP contribution in [-0.2, 0) is 18.6 Å². The molecule has 0 bridgehead atoms. The Bertz CT molecular complexity index is 194. The summed E-state index contributed by atoms with van der Waals surface area (Å²) in [7, 11) is -5.03. The van der Waals surface area contributed by atoms with Crippen molar-refractivity contribution in [1.82, 2.24) is 0 Å². The summed E-state index contributed by atoms with van der Waals surface area (Å²) in [5.74, 6) is -1.00. The Kier molecular flexibility index (Phi) is 4.41. The van der Waals surface area contributed by atoms with E-state index >= 15 is 0 Å². The third-order valence-electron chi connectivity index (χ3n) is 0.883. The summed E-state index contributed by atoms with van der Waals surface area (Å²) >= 11 is 0. The second-order valence-electron chi connectivity index (χ2n) is 2.31. The van der Waals surface area contributed by atoms with Gasteiger partial charge in [-0.25, -0.2) is 0 Å². The molecule has 7 heteroatoms. The third-order valence-corrected chi connectivity index (χ3v) is 1.31. The minimum Gasteiger partial charge on any atom is -0.790 e. The molecule has 0 aromatic rings. The summed E-state index contributed by atoms with van der Waals surface area (Å²) in [5.41, 5.74) is 0. The molecule has 6 nitrogen and oxygen atoms in total. The highest BCUT2D eigenvalue weighted by Gasteiger charge is 2.07. The number of hydrogen-bond donors (Lipinski definition) is 0. The van der Waals surface area contributed by atoms with Gasteiger partial charge in [-0.05, 0) is 0 Å². The number of hydrogen-bond acceptors (Lipinski definition) is 6. The van der Waals surface area contributed by atoms with Crippen LogP contribution in [0.3, 0.4) is 0 Å². The van der Waals surface area contributed by atoms with Gasteiger partial charge < -0.3 is 23.6 Å². The average molecular weight is 196 g/mol. The van der Waals surface area contributed by atoms with Crippen LogP contribution in [0.15, 0.2) is 0 Å². The van der Waals surface area contributed by atoms with Crippen LogP contribution in [0.2, 0.25) is 0 Å². The molecule has 72 valence electrons. The van der Waals surface area contributed by atoms with E-state index in [9.17, 15) is 19.1 Å². The summed E-state index contributed by atoms with van der Waals surface area (Å²) in [6.07, 6.45) is 0. The first-order valence-electron chi connectivity index (χ1n) is 3.16. The maximum Gasteiger partial charge on any atom is 0.310 e. The molecule has 0 aromatic carbocycles. The molecule has 0 aliphatic carbocycles. The summed E-state index contributed by atoms with van der Waals surface area (Å²) in [6, 6.07) is 0. The number of phosphoric acid groups is 1. The highest BCUT2D eigenvalue weighted by atomic mass is 31.2. The highest BCUT2D eigenvalue weighted by molar-refractivity contribution is 7.43. The van der Waals surface area contributed by atoms with Crippen molar-refractivity contribution in [2.45, 2.75) is 13.8 Å². The molecule has 0 fully saturated rings. The van der Waals surface area contributed by atoms with Gasteiger partial charge in [-0.3, -0.25) is 4.79 Å². The van der Waals surface area contributed by atoms with Crippen LogP contribution in [0.4, 0.5) is 0 Å². The van der Waals surface area contributed by atoms with Crippen molar-refractivity contribution in [3.8, 4) is 0 Å². The number of esters is 1. The molecule has 0 rings (SSSR count). The first kappa shape index (κ1) is 11.6. The minimum atomic E-state index is -5.03. The van der Waals surface area contributed by atoms with E-state index in [0.717, 1.165) is 0 Å². The molecule has 0 heterocycles. The molecular weight excluding hydrogens is 187 g/mol. The molecular formula is C5H9O6P-2. The minimum absolute atomic E-state index is 0.383. The normalized spacial score (nSPS) is 11.8. The van der Waals surface area contributed by atoms with E-state index in [0.29, 0.717) is 0 Å². The largest absolute Gasteiger partial charge is 0.790 e. The van der Waals surface area contributed by atoms with Crippen LogP contribution in [0, 0.1) is 5.92 Å². The smallest absolute Gasteiger partial charge is 0.310 e. The summed E-state index contributed by atoms with van der Waals surface area (Å²) < 4.78 is 17.7. The van der Waals surface area contributed by atoms with Gasteiger partial charge in [-0.2, -0.15) is 0 Å². The Hall–Kier alpha value is -0.420. The molecule has 0 amide bonds. The topological polar surface area (TPSA) is 98.7 Å². The fourth-order valence-corrected chi connectivity index (χ4v) is 0.497. The van der Waals surface area contributed by atoms with E-state index < -0.39 is 20.6 Å². The number of carbonyl (C=O) groups excluding carboxylic acids is 1. The predicted octanol–water partition coefficient (Wildman–Crippen LogP) is -1.01. The van der Waals surface area contributed by atoms with E-state index in [2.05, 4.69) is 9.26 Å². The number of rotatable bonds is 4. The molecule has 0 N–H and O–H groups in total. The molecule has 0 aromatic heterocycles. The van der Waals surface area contributed by atoms with Crippen LogP contribution in [0.25, 0.3) is 0 Å². The van der Waals surface area contributed by atoms with Crippen LogP contribution in [0.5, 0.6) is 0 Å². The zero-order valence-electron chi connectivity index (χ0n) is 6.68. The predicted molar refractivity (Wildman–Crippen MR) is 34.5 cm³/mol. The van der Waals surface area contributed by atoms with Gasteiger partial charge in [0.1, 0.15) is 0 Å².